The zero-order chi connectivity index (χ0) is 23.1. The van der Waals surface area contributed by atoms with Crippen LogP contribution < -0.4 is 5.32 Å². The summed E-state index contributed by atoms with van der Waals surface area (Å²) in [5.41, 5.74) is 0.563. The molecule has 0 saturated carbocycles. The summed E-state index contributed by atoms with van der Waals surface area (Å²) in [5, 5.41) is 22.9. The maximum absolute atomic E-state index is 12.5. The summed E-state index contributed by atoms with van der Waals surface area (Å²) >= 11 is 6.99. The fourth-order valence-electron chi connectivity index (χ4n) is 2.74. The predicted molar refractivity (Wildman–Crippen MR) is 121 cm³/mol. The molecule has 0 unspecified atom stereocenters. The second-order valence-corrected chi connectivity index (χ2v) is 7.89. The molecule has 0 spiro atoms. The van der Waals surface area contributed by atoms with Crippen LogP contribution in [0.3, 0.4) is 0 Å². The topological polar surface area (TPSA) is 120 Å². The number of hydrogen-bond acceptors (Lipinski definition) is 7. The smallest absolute Gasteiger partial charge is 0.270 e. The lowest BCUT2D eigenvalue weighted by Gasteiger charge is -2.09. The minimum Gasteiger partial charge on any atom is -0.345 e. The molecule has 0 aliphatic carbocycles. The van der Waals surface area contributed by atoms with Crippen LogP contribution in [-0.4, -0.2) is 37.1 Å². The molecule has 3 rings (SSSR count). The Balaban J connectivity index is 1.66. The number of amides is 1. The molecule has 0 aliphatic heterocycles. The van der Waals surface area contributed by atoms with Gasteiger partial charge in [-0.05, 0) is 24.3 Å². The van der Waals surface area contributed by atoms with Gasteiger partial charge in [0.15, 0.2) is 16.8 Å². The fraction of sp³-hybridized carbons (Fsp3) is 0.143. The summed E-state index contributed by atoms with van der Waals surface area (Å²) in [7, 11) is 0. The van der Waals surface area contributed by atoms with Crippen LogP contribution >= 0.6 is 23.4 Å². The van der Waals surface area contributed by atoms with Crippen molar-refractivity contribution in [1.82, 2.24) is 20.1 Å². The molecule has 1 heterocycles. The first-order chi connectivity index (χ1) is 15.4. The summed E-state index contributed by atoms with van der Waals surface area (Å²) in [6, 6.07) is 12.1. The summed E-state index contributed by atoms with van der Waals surface area (Å²) in [6.07, 6.45) is 1.65. The number of hydrogen-bond donors (Lipinski definition) is 1. The maximum Gasteiger partial charge on any atom is 0.270 e. The second-order valence-electron chi connectivity index (χ2n) is 6.51. The Morgan fingerprint density at radius 2 is 1.94 bits per heavy atom. The molecule has 164 valence electrons. The van der Waals surface area contributed by atoms with E-state index in [-0.39, 0.29) is 35.2 Å². The summed E-state index contributed by atoms with van der Waals surface area (Å²) in [4.78, 5) is 35.2. The highest BCUT2D eigenvalue weighted by Gasteiger charge is 2.17. The normalized spacial score (nSPS) is 10.5. The van der Waals surface area contributed by atoms with Gasteiger partial charge in [0, 0.05) is 34.8 Å². The van der Waals surface area contributed by atoms with Gasteiger partial charge in [0.2, 0.25) is 0 Å². The third kappa shape index (κ3) is 5.80. The van der Waals surface area contributed by atoms with Crippen molar-refractivity contribution in [3.8, 4) is 0 Å². The molecule has 0 aliphatic rings. The van der Waals surface area contributed by atoms with Gasteiger partial charge in [0.1, 0.15) is 0 Å². The number of Topliss-reactive ketones (excluding diaryl/α,β-unsaturated/α-hetero) is 1. The molecule has 0 atom stereocenters. The first-order valence-corrected chi connectivity index (χ1v) is 10.7. The number of carbonyl (C=O) groups is 2. The molecule has 9 nitrogen and oxygen atoms in total. The van der Waals surface area contributed by atoms with Crippen molar-refractivity contribution in [3.63, 3.8) is 0 Å². The van der Waals surface area contributed by atoms with Crippen LogP contribution in [0.4, 0.5) is 5.69 Å². The van der Waals surface area contributed by atoms with Crippen LogP contribution in [0.1, 0.15) is 26.5 Å². The number of aromatic nitrogens is 3. The quantitative estimate of drug-likeness (QED) is 0.156. The van der Waals surface area contributed by atoms with Crippen LogP contribution in [-0.2, 0) is 13.1 Å². The van der Waals surface area contributed by atoms with E-state index in [2.05, 4.69) is 22.1 Å². The predicted octanol–water partition coefficient (Wildman–Crippen LogP) is 3.93. The molecule has 0 fully saturated rings. The Hall–Kier alpha value is -3.50. The summed E-state index contributed by atoms with van der Waals surface area (Å²) in [5.74, 6) is -0.0417. The van der Waals surface area contributed by atoms with Crippen molar-refractivity contribution in [1.29, 1.82) is 0 Å². The van der Waals surface area contributed by atoms with Crippen molar-refractivity contribution >= 4 is 40.7 Å². The highest BCUT2D eigenvalue weighted by atomic mass is 35.5. The van der Waals surface area contributed by atoms with E-state index in [1.54, 1.807) is 34.9 Å². The Bertz CT molecular complexity index is 1160. The number of nitro groups is 1. The van der Waals surface area contributed by atoms with Gasteiger partial charge in [-0.3, -0.25) is 19.7 Å². The van der Waals surface area contributed by atoms with Gasteiger partial charge < -0.3 is 9.88 Å². The molecular weight excluding hydrogens is 454 g/mol. The molecular formula is C21H18ClN5O4S. The molecule has 0 radical (unpaired) electrons. The van der Waals surface area contributed by atoms with Crippen molar-refractivity contribution < 1.29 is 14.5 Å². The van der Waals surface area contributed by atoms with Gasteiger partial charge in [-0.25, -0.2) is 0 Å². The van der Waals surface area contributed by atoms with Gasteiger partial charge in [0.25, 0.3) is 11.6 Å². The fourth-order valence-corrected chi connectivity index (χ4v) is 3.73. The third-order valence-electron chi connectivity index (χ3n) is 4.33. The average molecular weight is 472 g/mol. The zero-order valence-electron chi connectivity index (χ0n) is 16.7. The van der Waals surface area contributed by atoms with Gasteiger partial charge >= 0.3 is 0 Å². The summed E-state index contributed by atoms with van der Waals surface area (Å²) < 4.78 is 1.74. The first kappa shape index (κ1) is 23.2. The number of nitro benzene ring substituents is 1. The lowest BCUT2D eigenvalue weighted by molar-refractivity contribution is -0.384. The standard InChI is InChI=1S/C21H18ClN5O4S/c1-2-10-26-19(12-23-20(29)14-6-8-16(22)9-7-14)24-25-21(26)32-13-18(28)15-4-3-5-17(11-15)27(30)31/h2-9,11H,1,10,12-13H2,(H,23,29). The van der Waals surface area contributed by atoms with Gasteiger partial charge in [0.05, 0.1) is 17.2 Å². The van der Waals surface area contributed by atoms with Crippen LogP contribution in [0.2, 0.25) is 5.02 Å². The minimum atomic E-state index is -0.546. The van der Waals surface area contributed by atoms with E-state index < -0.39 is 4.92 Å². The Kier molecular flexibility index (Phi) is 7.74. The van der Waals surface area contributed by atoms with E-state index >= 15 is 0 Å². The van der Waals surface area contributed by atoms with Crippen molar-refractivity contribution in [3.05, 3.63) is 93.3 Å². The Labute approximate surface area is 192 Å². The maximum atomic E-state index is 12.5. The van der Waals surface area contributed by atoms with E-state index in [0.29, 0.717) is 28.1 Å². The van der Waals surface area contributed by atoms with Crippen LogP contribution in [0.25, 0.3) is 0 Å². The van der Waals surface area contributed by atoms with Crippen LogP contribution in [0, 0.1) is 10.1 Å². The molecule has 0 bridgehead atoms. The molecule has 1 N–H and O–H groups in total. The number of non-ortho nitro benzene ring substituents is 1. The minimum absolute atomic E-state index is 0.0214. The molecule has 1 amide bonds. The van der Waals surface area contributed by atoms with Gasteiger partial charge in [-0.2, -0.15) is 0 Å². The van der Waals surface area contributed by atoms with Crippen LogP contribution in [0.5, 0.6) is 0 Å². The largest absolute Gasteiger partial charge is 0.345 e. The van der Waals surface area contributed by atoms with Crippen molar-refractivity contribution in [2.24, 2.45) is 0 Å². The molecule has 2 aromatic carbocycles. The number of halogens is 1. The van der Waals surface area contributed by atoms with E-state index in [0.717, 1.165) is 11.8 Å². The number of rotatable bonds is 10. The Morgan fingerprint density at radius 3 is 2.62 bits per heavy atom. The third-order valence-corrected chi connectivity index (χ3v) is 5.55. The number of nitrogens with zero attached hydrogens (tertiary/aromatic N) is 4. The van der Waals surface area contributed by atoms with Crippen LogP contribution in [0.15, 0.2) is 66.3 Å². The number of ketones is 1. The zero-order valence-corrected chi connectivity index (χ0v) is 18.3. The highest BCUT2D eigenvalue weighted by Crippen LogP contribution is 2.21. The van der Waals surface area contributed by atoms with E-state index in [1.807, 2.05) is 0 Å². The SMILES string of the molecule is C=CCn1c(CNC(=O)c2ccc(Cl)cc2)nnc1SCC(=O)c1cccc([N+](=O)[O-])c1. The van der Waals surface area contributed by atoms with E-state index in [9.17, 15) is 19.7 Å². The Morgan fingerprint density at radius 1 is 1.19 bits per heavy atom. The van der Waals surface area contributed by atoms with Crippen molar-refractivity contribution in [2.45, 2.75) is 18.2 Å². The van der Waals surface area contributed by atoms with Gasteiger partial charge in [-0.1, -0.05) is 41.6 Å². The lowest BCUT2D eigenvalue weighted by Crippen LogP contribution is -2.24. The molecule has 11 heteroatoms. The summed E-state index contributed by atoms with van der Waals surface area (Å²) in [6.45, 7) is 4.23. The van der Waals surface area contributed by atoms with E-state index in [4.69, 9.17) is 11.6 Å². The number of thioether (sulfide) groups is 1. The molecule has 3 aromatic rings. The number of nitrogens with one attached hydrogen (secondary N) is 1. The molecule has 1 aromatic heterocycles. The average Bonchev–Trinajstić information content (AvgIpc) is 3.18. The molecule has 32 heavy (non-hydrogen) atoms. The van der Waals surface area contributed by atoms with Gasteiger partial charge in [-0.15, -0.1) is 16.8 Å². The monoisotopic (exact) mass is 471 g/mol. The molecule has 0 saturated heterocycles. The number of benzene rings is 2. The highest BCUT2D eigenvalue weighted by molar-refractivity contribution is 7.99. The lowest BCUT2D eigenvalue weighted by atomic mass is 10.1. The van der Waals surface area contributed by atoms with Crippen molar-refractivity contribution in [2.75, 3.05) is 5.75 Å². The number of carbonyl (C=O) groups excluding carboxylic acids is 2. The number of allylic oxidation sites excluding steroid dienone is 1. The van der Waals surface area contributed by atoms with E-state index in [1.165, 1.54) is 24.3 Å². The second kappa shape index (κ2) is 10.7. The first-order valence-electron chi connectivity index (χ1n) is 9.36.